The number of nitrogens with two attached hydrogens (primary N) is 1. The van der Waals surface area contributed by atoms with Gasteiger partial charge < -0.3 is 10.6 Å². The van der Waals surface area contributed by atoms with Crippen LogP contribution in [0.4, 0.5) is 0 Å². The van der Waals surface area contributed by atoms with Gasteiger partial charge in [0.2, 0.25) is 0 Å². The largest absolute Gasteiger partial charge is 0.337 e. The number of nitrogens with zero attached hydrogens (tertiary/aromatic N) is 2. The van der Waals surface area contributed by atoms with E-state index in [1.54, 1.807) is 6.20 Å². The van der Waals surface area contributed by atoms with Crippen molar-refractivity contribution in [3.63, 3.8) is 0 Å². The number of carbonyl (C=O) groups is 1. The van der Waals surface area contributed by atoms with Crippen LogP contribution in [0, 0.1) is 5.41 Å². The average Bonchev–Trinajstić information content (AvgIpc) is 2.89. The molecule has 0 radical (unpaired) electrons. The molecule has 0 spiro atoms. The Morgan fingerprint density at radius 2 is 2.20 bits per heavy atom. The molecule has 4 heteroatoms. The van der Waals surface area contributed by atoms with Gasteiger partial charge in [-0.05, 0) is 29.8 Å². The van der Waals surface area contributed by atoms with Crippen LogP contribution in [0.3, 0.4) is 0 Å². The highest BCUT2D eigenvalue weighted by Crippen LogP contribution is 2.30. The summed E-state index contributed by atoms with van der Waals surface area (Å²) < 4.78 is 0. The molecule has 2 N–H and O–H groups in total. The molecule has 1 saturated heterocycles. The zero-order chi connectivity index (χ0) is 14.2. The molecule has 1 amide bonds. The number of hydrogen-bond acceptors (Lipinski definition) is 3. The maximum absolute atomic E-state index is 12.7. The number of carbonyl (C=O) groups excluding carboxylic acids is 1. The summed E-state index contributed by atoms with van der Waals surface area (Å²) in [6.45, 7) is 4.22. The second-order valence-corrected chi connectivity index (χ2v) is 5.87. The number of pyridine rings is 1. The van der Waals surface area contributed by atoms with Gasteiger partial charge in [-0.2, -0.15) is 0 Å². The summed E-state index contributed by atoms with van der Waals surface area (Å²) >= 11 is 0. The van der Waals surface area contributed by atoms with Gasteiger partial charge in [0.1, 0.15) is 5.69 Å². The molecule has 20 heavy (non-hydrogen) atoms. The summed E-state index contributed by atoms with van der Waals surface area (Å²) in [4.78, 5) is 18.9. The Kier molecular flexibility index (Phi) is 3.18. The van der Waals surface area contributed by atoms with Gasteiger partial charge >= 0.3 is 0 Å². The number of likely N-dealkylation sites (tertiary alicyclic amines) is 1. The third-order valence-electron chi connectivity index (χ3n) is 4.21. The van der Waals surface area contributed by atoms with Crippen LogP contribution in [-0.2, 0) is 0 Å². The van der Waals surface area contributed by atoms with E-state index in [2.05, 4.69) is 11.9 Å². The van der Waals surface area contributed by atoms with Gasteiger partial charge in [0.15, 0.2) is 0 Å². The molecule has 3 rings (SSSR count). The lowest BCUT2D eigenvalue weighted by atomic mass is 9.90. The summed E-state index contributed by atoms with van der Waals surface area (Å²) in [7, 11) is 0. The summed E-state index contributed by atoms with van der Waals surface area (Å²) in [5.74, 6) is 0.0129. The van der Waals surface area contributed by atoms with Gasteiger partial charge in [0.05, 0.1) is 0 Å². The smallest absolute Gasteiger partial charge is 0.273 e. The molecule has 1 unspecified atom stereocenters. The lowest BCUT2D eigenvalue weighted by Gasteiger charge is -2.22. The first-order valence-electron chi connectivity index (χ1n) is 6.96. The molecule has 0 saturated carbocycles. The first-order valence-corrected chi connectivity index (χ1v) is 6.96. The molecule has 0 bridgehead atoms. The van der Waals surface area contributed by atoms with Crippen molar-refractivity contribution in [1.29, 1.82) is 0 Å². The van der Waals surface area contributed by atoms with Crippen molar-refractivity contribution >= 4 is 16.7 Å². The Bertz CT molecular complexity index is 650. The van der Waals surface area contributed by atoms with Crippen molar-refractivity contribution in [1.82, 2.24) is 9.88 Å². The van der Waals surface area contributed by atoms with Gasteiger partial charge in [-0.1, -0.05) is 31.2 Å². The second-order valence-electron chi connectivity index (χ2n) is 5.87. The molecule has 1 aromatic heterocycles. The fourth-order valence-electron chi connectivity index (χ4n) is 2.80. The molecule has 104 valence electrons. The van der Waals surface area contributed by atoms with Gasteiger partial charge in [-0.15, -0.1) is 0 Å². The third kappa shape index (κ3) is 2.16. The van der Waals surface area contributed by atoms with E-state index in [-0.39, 0.29) is 11.3 Å². The molecule has 4 nitrogen and oxygen atoms in total. The van der Waals surface area contributed by atoms with E-state index in [9.17, 15) is 4.79 Å². The lowest BCUT2D eigenvalue weighted by Crippen LogP contribution is -2.34. The fraction of sp³-hybridized carbons (Fsp3) is 0.375. The third-order valence-corrected chi connectivity index (χ3v) is 4.21. The van der Waals surface area contributed by atoms with Crippen LogP contribution in [0.1, 0.15) is 23.8 Å². The highest BCUT2D eigenvalue weighted by atomic mass is 16.2. The number of rotatable bonds is 2. The maximum Gasteiger partial charge on any atom is 0.273 e. The second kappa shape index (κ2) is 4.87. The predicted octanol–water partition coefficient (Wildman–Crippen LogP) is 2.05. The molecule has 2 aromatic rings. The minimum absolute atomic E-state index is 0.0129. The normalized spacial score (nSPS) is 22.4. The minimum atomic E-state index is 0.0129. The summed E-state index contributed by atoms with van der Waals surface area (Å²) in [5.41, 5.74) is 6.39. The topological polar surface area (TPSA) is 59.2 Å². The van der Waals surface area contributed by atoms with E-state index >= 15 is 0 Å². The van der Waals surface area contributed by atoms with E-state index in [0.29, 0.717) is 18.8 Å². The Morgan fingerprint density at radius 1 is 1.40 bits per heavy atom. The first kappa shape index (κ1) is 13.1. The molecule has 1 atom stereocenters. The first-order chi connectivity index (χ1) is 9.63. The minimum Gasteiger partial charge on any atom is -0.337 e. The van der Waals surface area contributed by atoms with Crippen LogP contribution in [0.15, 0.2) is 36.5 Å². The molecule has 1 aliphatic heterocycles. The number of aromatic nitrogens is 1. The van der Waals surface area contributed by atoms with Crippen molar-refractivity contribution in [2.45, 2.75) is 13.3 Å². The number of fused-ring (bicyclic) bond motifs is 1. The van der Waals surface area contributed by atoms with E-state index in [1.165, 1.54) is 0 Å². The van der Waals surface area contributed by atoms with Gasteiger partial charge in [-0.3, -0.25) is 9.78 Å². The van der Waals surface area contributed by atoms with Gasteiger partial charge in [-0.25, -0.2) is 0 Å². The predicted molar refractivity (Wildman–Crippen MR) is 79.4 cm³/mol. The molecule has 1 fully saturated rings. The van der Waals surface area contributed by atoms with E-state index in [0.717, 1.165) is 23.7 Å². The van der Waals surface area contributed by atoms with Crippen LogP contribution in [0.5, 0.6) is 0 Å². The van der Waals surface area contributed by atoms with Gasteiger partial charge in [0, 0.05) is 24.7 Å². The molecular formula is C16H19N3O. The fourth-order valence-corrected chi connectivity index (χ4v) is 2.80. The van der Waals surface area contributed by atoms with Crippen molar-refractivity contribution < 1.29 is 4.79 Å². The number of amides is 1. The average molecular weight is 269 g/mol. The SMILES string of the molecule is CC1(CN)CCN(C(=O)c2nccc3ccccc23)C1. The summed E-state index contributed by atoms with van der Waals surface area (Å²) in [5, 5.41) is 1.97. The van der Waals surface area contributed by atoms with Crippen LogP contribution >= 0.6 is 0 Å². The van der Waals surface area contributed by atoms with Crippen LogP contribution in [-0.4, -0.2) is 35.4 Å². The van der Waals surface area contributed by atoms with E-state index in [4.69, 9.17) is 5.73 Å². The van der Waals surface area contributed by atoms with E-state index in [1.807, 2.05) is 35.2 Å². The van der Waals surface area contributed by atoms with Crippen LogP contribution in [0.25, 0.3) is 10.8 Å². The van der Waals surface area contributed by atoms with Crippen molar-refractivity contribution in [2.75, 3.05) is 19.6 Å². The molecular weight excluding hydrogens is 250 g/mol. The highest BCUT2D eigenvalue weighted by molar-refractivity contribution is 6.05. The zero-order valence-electron chi connectivity index (χ0n) is 11.7. The van der Waals surface area contributed by atoms with Crippen molar-refractivity contribution in [3.8, 4) is 0 Å². The Morgan fingerprint density at radius 3 is 2.95 bits per heavy atom. The summed E-state index contributed by atoms with van der Waals surface area (Å²) in [6, 6.07) is 9.79. The van der Waals surface area contributed by atoms with E-state index < -0.39 is 0 Å². The quantitative estimate of drug-likeness (QED) is 0.907. The van der Waals surface area contributed by atoms with Crippen LogP contribution < -0.4 is 5.73 Å². The number of hydrogen-bond donors (Lipinski definition) is 1. The Hall–Kier alpha value is -1.94. The van der Waals surface area contributed by atoms with Gasteiger partial charge in [0.25, 0.3) is 5.91 Å². The maximum atomic E-state index is 12.7. The molecule has 0 aliphatic carbocycles. The molecule has 1 aliphatic rings. The van der Waals surface area contributed by atoms with Crippen LogP contribution in [0.2, 0.25) is 0 Å². The Labute approximate surface area is 118 Å². The highest BCUT2D eigenvalue weighted by Gasteiger charge is 2.35. The monoisotopic (exact) mass is 269 g/mol. The van der Waals surface area contributed by atoms with Crippen molar-refractivity contribution in [2.24, 2.45) is 11.1 Å². The Balaban J connectivity index is 1.94. The number of benzene rings is 1. The van der Waals surface area contributed by atoms with Crippen molar-refractivity contribution in [3.05, 3.63) is 42.2 Å². The molecule has 2 heterocycles. The molecule has 1 aromatic carbocycles. The lowest BCUT2D eigenvalue weighted by molar-refractivity contribution is 0.0773. The summed E-state index contributed by atoms with van der Waals surface area (Å²) in [6.07, 6.45) is 2.66. The zero-order valence-corrected chi connectivity index (χ0v) is 11.7. The standard InChI is InChI=1S/C16H19N3O/c1-16(10-17)7-9-19(11-16)15(20)14-13-5-3-2-4-12(13)6-8-18-14/h2-6,8H,7,9-11,17H2,1H3.